The lowest BCUT2D eigenvalue weighted by Crippen LogP contribution is -2.51. The van der Waals surface area contributed by atoms with Crippen molar-refractivity contribution in [1.82, 2.24) is 25.1 Å². The van der Waals surface area contributed by atoms with Crippen LogP contribution in [0, 0.1) is 0 Å². The number of phenolic OH excluding ortho intramolecular Hbond substituents is 1. The number of imidazole rings is 1. The lowest BCUT2D eigenvalue weighted by Gasteiger charge is -2.40. The molecule has 1 saturated heterocycles. The molecule has 2 unspecified atom stereocenters. The third-order valence-corrected chi connectivity index (χ3v) is 5.66. The number of hydrogen-bond acceptors (Lipinski definition) is 6. The average Bonchev–Trinajstić information content (AvgIpc) is 3.33. The molecule has 0 aliphatic carbocycles. The van der Waals surface area contributed by atoms with Crippen molar-refractivity contribution in [2.45, 2.75) is 19.1 Å². The summed E-state index contributed by atoms with van der Waals surface area (Å²) in [7, 11) is 4.14. The van der Waals surface area contributed by atoms with E-state index in [2.05, 4.69) is 58.1 Å². The lowest BCUT2D eigenvalue weighted by atomic mass is 10.1. The number of fused-ring (bicyclic) bond motifs is 2. The van der Waals surface area contributed by atoms with Crippen molar-refractivity contribution in [3.8, 4) is 17.3 Å². The highest BCUT2D eigenvalue weighted by Crippen LogP contribution is 2.33. The van der Waals surface area contributed by atoms with Gasteiger partial charge in [-0.05, 0) is 51.4 Å². The van der Waals surface area contributed by atoms with E-state index in [-0.39, 0.29) is 11.9 Å². The number of likely N-dealkylation sites (N-methyl/N-ethyl adjacent to an activating group) is 1. The zero-order valence-electron chi connectivity index (χ0n) is 17.4. The number of nitrogens with one attached hydrogen (secondary N) is 2. The number of hydrogen-bond donors (Lipinski definition) is 3. The molecule has 156 valence electrons. The molecule has 0 bridgehead atoms. The predicted molar refractivity (Wildman–Crippen MR) is 118 cm³/mol. The number of benzene rings is 2. The van der Waals surface area contributed by atoms with E-state index in [0.717, 1.165) is 35.3 Å². The van der Waals surface area contributed by atoms with E-state index in [9.17, 15) is 5.11 Å². The monoisotopic (exact) mass is 406 g/mol. The van der Waals surface area contributed by atoms with Crippen LogP contribution >= 0.6 is 0 Å². The first-order valence-electron chi connectivity index (χ1n) is 10.2. The Bertz CT molecular complexity index is 1200. The van der Waals surface area contributed by atoms with Gasteiger partial charge in [0.15, 0.2) is 5.82 Å². The molecular weight excluding hydrogens is 380 g/mol. The van der Waals surface area contributed by atoms with E-state index in [1.165, 1.54) is 0 Å². The lowest BCUT2D eigenvalue weighted by molar-refractivity contribution is 0.00880. The maximum Gasteiger partial charge on any atom is 0.159 e. The minimum Gasteiger partial charge on any atom is -0.507 e. The number of morpholine rings is 1. The zero-order chi connectivity index (χ0) is 20.8. The number of phenols is 1. The largest absolute Gasteiger partial charge is 0.507 e. The number of aromatic hydroxyl groups is 1. The Morgan fingerprint density at radius 2 is 2.10 bits per heavy atom. The number of H-pyrrole nitrogens is 2. The van der Waals surface area contributed by atoms with Crippen molar-refractivity contribution < 1.29 is 9.84 Å². The molecule has 8 heteroatoms. The van der Waals surface area contributed by atoms with Crippen LogP contribution in [0.1, 0.15) is 6.92 Å². The van der Waals surface area contributed by atoms with Gasteiger partial charge in [-0.2, -0.15) is 5.10 Å². The molecule has 4 aromatic rings. The summed E-state index contributed by atoms with van der Waals surface area (Å²) in [5.41, 5.74) is 4.35. The van der Waals surface area contributed by atoms with Crippen molar-refractivity contribution in [3.05, 3.63) is 36.4 Å². The zero-order valence-corrected chi connectivity index (χ0v) is 17.4. The Hall–Kier alpha value is -3.10. The number of anilines is 1. The Kier molecular flexibility index (Phi) is 4.60. The second-order valence-corrected chi connectivity index (χ2v) is 8.28. The number of aromatic amines is 2. The number of rotatable bonds is 4. The van der Waals surface area contributed by atoms with Gasteiger partial charge in [0.25, 0.3) is 0 Å². The molecule has 0 saturated carbocycles. The fraction of sp³-hybridized carbons (Fsp3) is 0.364. The van der Waals surface area contributed by atoms with Crippen molar-refractivity contribution >= 4 is 27.6 Å². The van der Waals surface area contributed by atoms with Crippen molar-refractivity contribution in [2.24, 2.45) is 0 Å². The topological polar surface area (TPSA) is 93.3 Å². The Balaban J connectivity index is 1.49. The summed E-state index contributed by atoms with van der Waals surface area (Å²) in [6.45, 7) is 4.65. The molecule has 3 N–H and O–H groups in total. The molecule has 2 aromatic carbocycles. The van der Waals surface area contributed by atoms with Crippen LogP contribution in [0.4, 0.5) is 5.69 Å². The minimum atomic E-state index is 0.183. The van der Waals surface area contributed by atoms with Crippen LogP contribution < -0.4 is 4.90 Å². The first kappa shape index (κ1) is 18.9. The standard InChI is InChI=1S/C22H26N6O2/c1-13-12-30-15(10-27(2)3)11-28(13)14-7-8-16-18(9-14)24-22(23-16)21-20-17(25-26-21)5-4-6-19(20)29/h4-9,13,15,29H,10-12H2,1-3H3,(H,23,24)(H,25,26). The molecule has 8 nitrogen and oxygen atoms in total. The van der Waals surface area contributed by atoms with E-state index in [1.54, 1.807) is 12.1 Å². The first-order chi connectivity index (χ1) is 14.5. The molecule has 2 atom stereocenters. The van der Waals surface area contributed by atoms with Crippen LogP contribution in [-0.2, 0) is 4.74 Å². The average molecular weight is 406 g/mol. The number of ether oxygens (including phenoxy) is 1. The number of aromatic nitrogens is 4. The molecule has 1 fully saturated rings. The molecular formula is C22H26N6O2. The Labute approximate surface area is 174 Å². The molecule has 30 heavy (non-hydrogen) atoms. The summed E-state index contributed by atoms with van der Waals surface area (Å²) in [6.07, 6.45) is 0.183. The van der Waals surface area contributed by atoms with Gasteiger partial charge in [-0.15, -0.1) is 0 Å². The second-order valence-electron chi connectivity index (χ2n) is 8.28. The molecule has 0 spiro atoms. The molecule has 0 amide bonds. The fourth-order valence-electron chi connectivity index (χ4n) is 4.21. The molecule has 1 aliphatic heterocycles. The summed E-state index contributed by atoms with van der Waals surface area (Å²) in [5, 5.41) is 18.3. The maximum atomic E-state index is 10.3. The van der Waals surface area contributed by atoms with Crippen LogP contribution in [0.25, 0.3) is 33.5 Å². The van der Waals surface area contributed by atoms with Gasteiger partial charge < -0.3 is 24.6 Å². The van der Waals surface area contributed by atoms with Crippen LogP contribution in [0.2, 0.25) is 0 Å². The summed E-state index contributed by atoms with van der Waals surface area (Å²) in [4.78, 5) is 12.6. The highest BCUT2D eigenvalue weighted by atomic mass is 16.5. The van der Waals surface area contributed by atoms with Crippen molar-refractivity contribution in [1.29, 1.82) is 0 Å². The van der Waals surface area contributed by atoms with Gasteiger partial charge in [0.2, 0.25) is 0 Å². The predicted octanol–water partition coefficient (Wildman–Crippen LogP) is 2.97. The molecule has 2 aromatic heterocycles. The number of nitrogens with zero attached hydrogens (tertiary/aromatic N) is 4. The Morgan fingerprint density at radius 3 is 2.93 bits per heavy atom. The quantitative estimate of drug-likeness (QED) is 0.483. The van der Waals surface area contributed by atoms with E-state index < -0.39 is 0 Å². The van der Waals surface area contributed by atoms with Crippen molar-refractivity contribution in [2.75, 3.05) is 38.7 Å². The highest BCUT2D eigenvalue weighted by Gasteiger charge is 2.27. The minimum absolute atomic E-state index is 0.183. The maximum absolute atomic E-state index is 10.3. The van der Waals surface area contributed by atoms with E-state index in [1.807, 2.05) is 12.1 Å². The third kappa shape index (κ3) is 3.28. The normalized spacial score (nSPS) is 19.9. The Morgan fingerprint density at radius 1 is 1.23 bits per heavy atom. The van der Waals surface area contributed by atoms with Crippen LogP contribution in [0.15, 0.2) is 36.4 Å². The highest BCUT2D eigenvalue weighted by molar-refractivity contribution is 5.97. The van der Waals surface area contributed by atoms with Gasteiger partial charge in [0.05, 0.1) is 34.6 Å². The molecule has 3 heterocycles. The molecule has 0 radical (unpaired) electrons. The van der Waals surface area contributed by atoms with Gasteiger partial charge in [0.1, 0.15) is 11.4 Å². The summed E-state index contributed by atoms with van der Waals surface area (Å²) in [6, 6.07) is 11.9. The van der Waals surface area contributed by atoms with Gasteiger partial charge in [0, 0.05) is 24.8 Å². The van der Waals surface area contributed by atoms with Crippen LogP contribution in [0.5, 0.6) is 5.75 Å². The summed E-state index contributed by atoms with van der Waals surface area (Å²) < 4.78 is 6.01. The summed E-state index contributed by atoms with van der Waals surface area (Å²) in [5.74, 6) is 0.821. The van der Waals surface area contributed by atoms with E-state index >= 15 is 0 Å². The van der Waals surface area contributed by atoms with Crippen molar-refractivity contribution in [3.63, 3.8) is 0 Å². The third-order valence-electron chi connectivity index (χ3n) is 5.66. The van der Waals surface area contributed by atoms with Crippen LogP contribution in [0.3, 0.4) is 0 Å². The van der Waals surface area contributed by atoms with Gasteiger partial charge in [-0.3, -0.25) is 5.10 Å². The summed E-state index contributed by atoms with van der Waals surface area (Å²) >= 11 is 0. The molecule has 1 aliphatic rings. The van der Waals surface area contributed by atoms with Crippen LogP contribution in [-0.4, -0.2) is 76.1 Å². The smallest absolute Gasteiger partial charge is 0.159 e. The van der Waals surface area contributed by atoms with Gasteiger partial charge in [-0.1, -0.05) is 6.07 Å². The van der Waals surface area contributed by atoms with E-state index in [4.69, 9.17) is 9.72 Å². The van der Waals surface area contributed by atoms with E-state index in [0.29, 0.717) is 29.6 Å². The second kappa shape index (κ2) is 7.30. The molecule has 5 rings (SSSR count). The van der Waals surface area contributed by atoms with Gasteiger partial charge in [-0.25, -0.2) is 4.98 Å². The first-order valence-corrected chi connectivity index (χ1v) is 10.2. The fourth-order valence-corrected chi connectivity index (χ4v) is 4.21. The van der Waals surface area contributed by atoms with Gasteiger partial charge >= 0.3 is 0 Å². The SMILES string of the molecule is CC1COC(CN(C)C)CN1c1ccc2nc(-c3n[nH]c4cccc(O)c34)[nH]c2c1.